The summed E-state index contributed by atoms with van der Waals surface area (Å²) in [6, 6.07) is 8.54. The van der Waals surface area contributed by atoms with Crippen LogP contribution in [-0.4, -0.2) is 29.1 Å². The first-order valence-electron chi connectivity index (χ1n) is 9.92. The van der Waals surface area contributed by atoms with Crippen LogP contribution in [0, 0.1) is 11.8 Å². The molecular weight excluding hydrogens is 392 g/mol. The summed E-state index contributed by atoms with van der Waals surface area (Å²) in [7, 11) is 1.71. The van der Waals surface area contributed by atoms with Gasteiger partial charge in [0.25, 0.3) is 0 Å². The predicted molar refractivity (Wildman–Crippen MR) is 122 cm³/mol. The second-order valence-electron chi connectivity index (χ2n) is 7.27. The number of carboxylic acid groups (broad SMARTS) is 1. The monoisotopic (exact) mass is 420 g/mol. The van der Waals surface area contributed by atoms with Crippen molar-refractivity contribution in [3.8, 4) is 11.8 Å². The number of aromatic carboxylic acids is 1. The zero-order valence-corrected chi connectivity index (χ0v) is 18.3. The Morgan fingerprint density at radius 3 is 2.61 bits per heavy atom. The Kier molecular flexibility index (Phi) is 8.27. The number of benzene rings is 1. The van der Waals surface area contributed by atoms with E-state index in [1.165, 1.54) is 11.6 Å². The molecule has 1 aromatic heterocycles. The molecule has 6 nitrogen and oxygen atoms in total. The number of urea groups is 1. The molecule has 2 heterocycles. The number of carbonyl (C=O) groups excluding carboxylic acids is 1. The molecule has 1 N–H and O–H groups in total. The Labute approximate surface area is 183 Å². The number of allylic oxidation sites excluding steroid dienone is 2. The third kappa shape index (κ3) is 6.38. The second-order valence-corrected chi connectivity index (χ2v) is 7.27. The van der Waals surface area contributed by atoms with Gasteiger partial charge in [-0.2, -0.15) is 0 Å². The van der Waals surface area contributed by atoms with E-state index in [1.54, 1.807) is 29.8 Å². The van der Waals surface area contributed by atoms with Crippen LogP contribution >= 0.6 is 0 Å². The number of fused-ring (bicyclic) bond motifs is 1. The summed E-state index contributed by atoms with van der Waals surface area (Å²) in [6.07, 6.45) is 4.06. The number of anilines is 1. The number of nitrogens with zero attached hydrogens (tertiary/aromatic N) is 2. The van der Waals surface area contributed by atoms with E-state index in [4.69, 9.17) is 9.52 Å². The van der Waals surface area contributed by atoms with Gasteiger partial charge in [-0.15, -0.1) is 19.1 Å². The third-order valence-corrected chi connectivity index (χ3v) is 4.62. The fraction of sp³-hybridized carbons (Fsp3) is 0.280. The molecule has 0 aliphatic carbocycles. The van der Waals surface area contributed by atoms with Crippen molar-refractivity contribution in [1.29, 1.82) is 0 Å². The van der Waals surface area contributed by atoms with Crippen molar-refractivity contribution in [3.05, 3.63) is 77.8 Å². The largest absolute Gasteiger partial charge is 0.475 e. The maximum absolute atomic E-state index is 12.5. The minimum atomic E-state index is -1.13. The molecule has 1 aliphatic rings. The molecule has 0 unspecified atom stereocenters. The average Bonchev–Trinajstić information content (AvgIpc) is 3.20. The highest BCUT2D eigenvalue weighted by Crippen LogP contribution is 2.29. The number of rotatable bonds is 6. The third-order valence-electron chi connectivity index (χ3n) is 4.62. The van der Waals surface area contributed by atoms with Gasteiger partial charge in [0.15, 0.2) is 0 Å². The van der Waals surface area contributed by atoms with Gasteiger partial charge < -0.3 is 14.4 Å². The highest BCUT2D eigenvalue weighted by atomic mass is 16.4. The minimum Gasteiger partial charge on any atom is -0.475 e. The van der Waals surface area contributed by atoms with Gasteiger partial charge in [-0.25, -0.2) is 9.59 Å². The molecule has 1 aliphatic heterocycles. The Balaban J connectivity index is 0.000000423. The Hall–Kier alpha value is -3.72. The van der Waals surface area contributed by atoms with Crippen molar-refractivity contribution in [3.63, 3.8) is 0 Å². The number of carbonyl (C=O) groups is 2. The predicted octanol–water partition coefficient (Wildman–Crippen LogP) is 5.45. The summed E-state index contributed by atoms with van der Waals surface area (Å²) in [5.41, 5.74) is 3.97. The normalized spacial score (nSPS) is 12.2. The van der Waals surface area contributed by atoms with Crippen LogP contribution in [-0.2, 0) is 13.1 Å². The summed E-state index contributed by atoms with van der Waals surface area (Å²) in [6.45, 7) is 11.8. The molecule has 0 fully saturated rings. The van der Waals surface area contributed by atoms with Gasteiger partial charge in [-0.05, 0) is 62.6 Å². The first-order valence-corrected chi connectivity index (χ1v) is 9.92. The highest BCUT2D eigenvalue weighted by molar-refractivity contribution is 5.94. The standard InChI is InChI=1S/C18H16N2O4.C7H12/c1-3-4-12-5-7-15-13(9-12)10-20(18(23)19(15)2)11-14-6-8-16(24-14)17(21)22;1-4-5-6-7(2)3/h5-9H,10-11H2,1-2H3,(H,21,22);4H,1-2,5-6H2,3H3. The van der Waals surface area contributed by atoms with Crippen molar-refractivity contribution in [2.45, 2.75) is 39.8 Å². The number of furan rings is 1. The Bertz CT molecular complexity index is 1040. The molecule has 0 atom stereocenters. The smallest absolute Gasteiger partial charge is 0.371 e. The van der Waals surface area contributed by atoms with Crippen molar-refractivity contribution in [1.82, 2.24) is 4.90 Å². The lowest BCUT2D eigenvalue weighted by Crippen LogP contribution is -2.44. The number of hydrogen-bond acceptors (Lipinski definition) is 3. The molecule has 2 amide bonds. The minimum absolute atomic E-state index is 0.135. The van der Waals surface area contributed by atoms with E-state index in [0.29, 0.717) is 12.3 Å². The maximum Gasteiger partial charge on any atom is 0.371 e. The fourth-order valence-electron chi connectivity index (χ4n) is 3.09. The fourth-order valence-corrected chi connectivity index (χ4v) is 3.09. The number of amides is 2. The molecular formula is C25H28N2O4. The van der Waals surface area contributed by atoms with Crippen LogP contribution in [0.2, 0.25) is 0 Å². The molecule has 31 heavy (non-hydrogen) atoms. The summed E-state index contributed by atoms with van der Waals surface area (Å²) in [5.74, 6) is 5.04. The summed E-state index contributed by atoms with van der Waals surface area (Å²) in [4.78, 5) is 26.6. The zero-order chi connectivity index (χ0) is 23.0. The molecule has 2 aromatic rings. The van der Waals surface area contributed by atoms with E-state index < -0.39 is 5.97 Å². The lowest BCUT2D eigenvalue weighted by atomic mass is 10.1. The molecule has 0 spiro atoms. The number of hydrogen-bond donors (Lipinski definition) is 1. The molecule has 1 aromatic carbocycles. The van der Waals surface area contributed by atoms with E-state index >= 15 is 0 Å². The van der Waals surface area contributed by atoms with E-state index in [0.717, 1.165) is 29.7 Å². The van der Waals surface area contributed by atoms with Gasteiger partial charge in [0.1, 0.15) is 5.76 Å². The van der Waals surface area contributed by atoms with Crippen molar-refractivity contribution >= 4 is 17.7 Å². The first-order chi connectivity index (χ1) is 14.8. The van der Waals surface area contributed by atoms with Gasteiger partial charge >= 0.3 is 12.0 Å². The van der Waals surface area contributed by atoms with Crippen molar-refractivity contribution in [2.75, 3.05) is 11.9 Å². The highest BCUT2D eigenvalue weighted by Gasteiger charge is 2.28. The topological polar surface area (TPSA) is 74.0 Å². The zero-order valence-electron chi connectivity index (χ0n) is 18.3. The van der Waals surface area contributed by atoms with E-state index in [9.17, 15) is 9.59 Å². The van der Waals surface area contributed by atoms with Gasteiger partial charge in [0.2, 0.25) is 5.76 Å². The van der Waals surface area contributed by atoms with Gasteiger partial charge in [0, 0.05) is 12.6 Å². The van der Waals surface area contributed by atoms with Gasteiger partial charge in [-0.1, -0.05) is 17.6 Å². The molecule has 3 rings (SSSR count). The first kappa shape index (κ1) is 23.6. The lowest BCUT2D eigenvalue weighted by molar-refractivity contribution is 0.0659. The van der Waals surface area contributed by atoms with Crippen LogP contribution < -0.4 is 4.90 Å². The molecule has 0 saturated heterocycles. The van der Waals surface area contributed by atoms with Gasteiger partial charge in [0.05, 0.1) is 18.8 Å². The summed E-state index contributed by atoms with van der Waals surface area (Å²) in [5, 5.41) is 8.91. The summed E-state index contributed by atoms with van der Waals surface area (Å²) >= 11 is 0. The van der Waals surface area contributed by atoms with E-state index in [2.05, 4.69) is 25.0 Å². The van der Waals surface area contributed by atoms with Crippen LogP contribution in [0.25, 0.3) is 0 Å². The van der Waals surface area contributed by atoms with E-state index in [-0.39, 0.29) is 18.3 Å². The Morgan fingerprint density at radius 2 is 2.06 bits per heavy atom. The van der Waals surface area contributed by atoms with Crippen LogP contribution in [0.5, 0.6) is 0 Å². The lowest BCUT2D eigenvalue weighted by Gasteiger charge is -2.34. The molecule has 6 heteroatoms. The van der Waals surface area contributed by atoms with E-state index in [1.807, 2.05) is 31.2 Å². The van der Waals surface area contributed by atoms with Gasteiger partial charge in [-0.3, -0.25) is 4.90 Å². The average molecular weight is 421 g/mol. The molecule has 162 valence electrons. The summed E-state index contributed by atoms with van der Waals surface area (Å²) < 4.78 is 5.25. The second kappa shape index (κ2) is 10.9. The molecule has 0 radical (unpaired) electrons. The van der Waals surface area contributed by atoms with Crippen LogP contribution in [0.4, 0.5) is 10.5 Å². The van der Waals surface area contributed by atoms with Crippen LogP contribution in [0.1, 0.15) is 54.1 Å². The molecule has 0 bridgehead atoms. The Morgan fingerprint density at radius 1 is 1.32 bits per heavy atom. The number of carboxylic acids is 1. The SMILES string of the molecule is C=CCCC(=C)C.CC#Cc1ccc2c(c1)CN(Cc1ccc(C(=O)O)o1)C(=O)N2C. The van der Waals surface area contributed by atoms with Crippen molar-refractivity contribution < 1.29 is 19.1 Å². The molecule has 0 saturated carbocycles. The van der Waals surface area contributed by atoms with Crippen molar-refractivity contribution in [2.24, 2.45) is 0 Å². The quantitative estimate of drug-likeness (QED) is 0.498. The maximum atomic E-state index is 12.5. The van der Waals surface area contributed by atoms with Crippen LogP contribution in [0.15, 0.2) is 59.6 Å². The van der Waals surface area contributed by atoms with Crippen LogP contribution in [0.3, 0.4) is 0 Å².